The Kier molecular flexibility index (Phi) is 5.98. The van der Waals surface area contributed by atoms with Crippen LogP contribution in [0.5, 0.6) is 0 Å². The summed E-state index contributed by atoms with van der Waals surface area (Å²) >= 11 is 1.91. The molecule has 0 saturated heterocycles. The normalized spacial score (nSPS) is 13.7. The molecule has 2 heteroatoms. The molecule has 0 bridgehead atoms. The third kappa shape index (κ3) is 3.88. The van der Waals surface area contributed by atoms with E-state index in [1.807, 2.05) is 11.8 Å². The van der Waals surface area contributed by atoms with Gasteiger partial charge in [0.25, 0.3) is 0 Å². The fraction of sp³-hybridized carbons (Fsp3) is 0.0196. The van der Waals surface area contributed by atoms with Crippen molar-refractivity contribution in [1.82, 2.24) is 4.57 Å². The molecular formula is C51H31NS. The molecular weight excluding hydrogens is 659 g/mol. The van der Waals surface area contributed by atoms with Gasteiger partial charge in [0.1, 0.15) is 0 Å². The summed E-state index contributed by atoms with van der Waals surface area (Å²) < 4.78 is 2.49. The lowest BCUT2D eigenvalue weighted by atomic mass is 9.67. The van der Waals surface area contributed by atoms with E-state index in [2.05, 4.69) is 193 Å². The van der Waals surface area contributed by atoms with E-state index >= 15 is 0 Å². The van der Waals surface area contributed by atoms with Gasteiger partial charge in [-0.05, 0) is 102 Å². The number of hydrogen-bond donors (Lipinski definition) is 0. The van der Waals surface area contributed by atoms with E-state index in [1.54, 1.807) is 0 Å². The Hall–Kier alpha value is -6.35. The molecule has 0 N–H and O–H groups in total. The summed E-state index contributed by atoms with van der Waals surface area (Å²) in [7, 11) is 0. The van der Waals surface area contributed by atoms with Crippen molar-refractivity contribution in [3.05, 3.63) is 210 Å². The van der Waals surface area contributed by atoms with Crippen LogP contribution in [-0.2, 0) is 5.41 Å². The minimum absolute atomic E-state index is 0.419. The van der Waals surface area contributed by atoms with E-state index in [-0.39, 0.29) is 0 Å². The predicted molar refractivity (Wildman–Crippen MR) is 223 cm³/mol. The number of aromatic nitrogens is 1. The quantitative estimate of drug-likeness (QED) is 0.175. The highest BCUT2D eigenvalue weighted by molar-refractivity contribution is 7.99. The average Bonchev–Trinajstić information content (AvgIpc) is 3.71. The molecule has 246 valence electrons. The maximum Gasteiger partial charge on any atom is 0.0735 e. The second kappa shape index (κ2) is 10.8. The van der Waals surface area contributed by atoms with Gasteiger partial charge in [0.05, 0.1) is 16.4 Å². The van der Waals surface area contributed by atoms with Crippen molar-refractivity contribution >= 4 is 55.1 Å². The molecule has 0 atom stereocenters. The van der Waals surface area contributed by atoms with Crippen LogP contribution in [0.3, 0.4) is 0 Å². The second-order valence-corrected chi connectivity index (χ2v) is 15.5. The molecule has 1 spiro atoms. The second-order valence-electron chi connectivity index (χ2n) is 14.4. The average molecular weight is 690 g/mol. The predicted octanol–water partition coefficient (Wildman–Crippen LogP) is 13.6. The topological polar surface area (TPSA) is 4.93 Å². The van der Waals surface area contributed by atoms with E-state index in [0.717, 1.165) is 5.69 Å². The highest BCUT2D eigenvalue weighted by atomic mass is 32.2. The summed E-state index contributed by atoms with van der Waals surface area (Å²) in [4.78, 5) is 2.63. The van der Waals surface area contributed by atoms with Gasteiger partial charge in [-0.15, -0.1) is 0 Å². The lowest BCUT2D eigenvalue weighted by Gasteiger charge is -2.39. The summed E-state index contributed by atoms with van der Waals surface area (Å²) in [6.07, 6.45) is 0. The van der Waals surface area contributed by atoms with Gasteiger partial charge in [0.15, 0.2) is 0 Å². The van der Waals surface area contributed by atoms with Gasteiger partial charge in [0.2, 0.25) is 0 Å². The number of benzene rings is 9. The molecule has 53 heavy (non-hydrogen) atoms. The summed E-state index contributed by atoms with van der Waals surface area (Å²) in [5, 5.41) is 7.67. The first-order chi connectivity index (χ1) is 26.3. The van der Waals surface area contributed by atoms with Crippen molar-refractivity contribution < 1.29 is 0 Å². The van der Waals surface area contributed by atoms with E-state index < -0.39 is 5.41 Å². The maximum atomic E-state index is 2.56. The van der Waals surface area contributed by atoms with E-state index in [9.17, 15) is 0 Å². The molecule has 0 saturated carbocycles. The smallest absolute Gasteiger partial charge is 0.0735 e. The summed E-state index contributed by atoms with van der Waals surface area (Å²) in [6, 6.07) is 70.2. The highest BCUT2D eigenvalue weighted by Gasteiger charge is 2.50. The number of nitrogens with zero attached hydrogens (tertiary/aromatic N) is 1. The van der Waals surface area contributed by atoms with Crippen LogP contribution >= 0.6 is 11.8 Å². The van der Waals surface area contributed by atoms with Crippen LogP contribution in [0.1, 0.15) is 22.3 Å². The fourth-order valence-electron chi connectivity index (χ4n) is 9.68. The van der Waals surface area contributed by atoms with Gasteiger partial charge in [-0.1, -0.05) is 163 Å². The zero-order valence-electron chi connectivity index (χ0n) is 28.8. The Labute approximate surface area is 311 Å². The SMILES string of the molecule is c1ccc2c(c1)Sc1cc3c(cc1C21c2ccccc2-c2ccccc21)c1c2ccccc2ccc1n3-c1ccc(-c2cccc3ccccc23)cc1. The van der Waals surface area contributed by atoms with Crippen LogP contribution < -0.4 is 0 Å². The van der Waals surface area contributed by atoms with Crippen molar-refractivity contribution in [2.75, 3.05) is 0 Å². The molecule has 9 aromatic carbocycles. The lowest BCUT2D eigenvalue weighted by Crippen LogP contribution is -2.31. The first-order valence-electron chi connectivity index (χ1n) is 18.3. The molecule has 2 heterocycles. The van der Waals surface area contributed by atoms with Crippen molar-refractivity contribution in [2.45, 2.75) is 15.2 Å². The minimum atomic E-state index is -0.419. The van der Waals surface area contributed by atoms with Gasteiger partial charge in [0, 0.05) is 26.3 Å². The summed E-state index contributed by atoms with van der Waals surface area (Å²) in [5.41, 5.74) is 13.8. The number of rotatable bonds is 2. The molecule has 1 nitrogen and oxygen atoms in total. The monoisotopic (exact) mass is 689 g/mol. The fourth-order valence-corrected chi connectivity index (χ4v) is 10.9. The molecule has 0 radical (unpaired) electrons. The molecule has 1 aromatic heterocycles. The molecule has 2 aliphatic rings. The molecule has 1 aliphatic heterocycles. The molecule has 10 aromatic rings. The third-order valence-electron chi connectivity index (χ3n) is 11.8. The van der Waals surface area contributed by atoms with Gasteiger partial charge in [-0.25, -0.2) is 0 Å². The van der Waals surface area contributed by atoms with Gasteiger partial charge < -0.3 is 4.57 Å². The first-order valence-corrected chi connectivity index (χ1v) is 19.2. The number of fused-ring (bicyclic) bond motifs is 15. The van der Waals surface area contributed by atoms with E-state index in [4.69, 9.17) is 0 Å². The van der Waals surface area contributed by atoms with Crippen molar-refractivity contribution in [2.24, 2.45) is 0 Å². The zero-order valence-corrected chi connectivity index (χ0v) is 29.6. The van der Waals surface area contributed by atoms with Crippen LogP contribution in [0.25, 0.3) is 71.3 Å². The van der Waals surface area contributed by atoms with Crippen molar-refractivity contribution in [3.63, 3.8) is 0 Å². The highest BCUT2D eigenvalue weighted by Crippen LogP contribution is 2.62. The minimum Gasteiger partial charge on any atom is -0.309 e. The van der Waals surface area contributed by atoms with Crippen LogP contribution in [0.15, 0.2) is 198 Å². The Morgan fingerprint density at radius 3 is 1.75 bits per heavy atom. The standard InChI is InChI=1S/C51H31NS/c1-3-15-36-32(12-1)14-11-19-37(36)34-24-27-35(28-25-34)52-46-29-26-33-13-2-4-16-38(33)50(46)41-30-45-49(31-47(41)52)53-48-23-10-9-22-44(48)51(45)42-20-7-5-17-39(42)40-18-6-8-21-43(40)51/h1-31H. The van der Waals surface area contributed by atoms with E-state index in [1.165, 1.54) is 97.6 Å². The molecule has 12 rings (SSSR count). The van der Waals surface area contributed by atoms with Crippen LogP contribution in [0.2, 0.25) is 0 Å². The zero-order chi connectivity index (χ0) is 34.7. The molecule has 0 unspecified atom stereocenters. The van der Waals surface area contributed by atoms with Crippen molar-refractivity contribution in [3.8, 4) is 27.9 Å². The van der Waals surface area contributed by atoms with Crippen molar-refractivity contribution in [1.29, 1.82) is 0 Å². The molecule has 0 amide bonds. The molecule has 0 fully saturated rings. The van der Waals surface area contributed by atoms with Crippen LogP contribution in [0.4, 0.5) is 0 Å². The molecule has 1 aliphatic carbocycles. The number of hydrogen-bond acceptors (Lipinski definition) is 1. The maximum absolute atomic E-state index is 2.56. The first kappa shape index (κ1) is 29.3. The summed E-state index contributed by atoms with van der Waals surface area (Å²) in [6.45, 7) is 0. The summed E-state index contributed by atoms with van der Waals surface area (Å²) in [5.74, 6) is 0. The Balaban J connectivity index is 1.17. The largest absolute Gasteiger partial charge is 0.309 e. The van der Waals surface area contributed by atoms with Gasteiger partial charge >= 0.3 is 0 Å². The van der Waals surface area contributed by atoms with Gasteiger partial charge in [-0.2, -0.15) is 0 Å². The Morgan fingerprint density at radius 1 is 0.377 bits per heavy atom. The van der Waals surface area contributed by atoms with E-state index in [0.29, 0.717) is 0 Å². The van der Waals surface area contributed by atoms with Gasteiger partial charge in [-0.3, -0.25) is 0 Å². The Bertz CT molecular complexity index is 3100. The Morgan fingerprint density at radius 2 is 0.981 bits per heavy atom. The van der Waals surface area contributed by atoms with Crippen LogP contribution in [0, 0.1) is 0 Å². The van der Waals surface area contributed by atoms with Crippen LogP contribution in [-0.4, -0.2) is 4.57 Å². The third-order valence-corrected chi connectivity index (χ3v) is 13.0. The lowest BCUT2D eigenvalue weighted by molar-refractivity contribution is 0.724.